The normalized spacial score (nSPS) is 19.0. The Morgan fingerprint density at radius 3 is 2.50 bits per heavy atom. The second-order valence-electron chi connectivity index (χ2n) is 3.27. The first-order chi connectivity index (χ1) is 5.86. The standard InChI is InChI=1S/C10H12OS/c11-12(8-9-6-7-9)10-4-2-1-3-5-10/h1-5,9H,6-8H2. The van der Waals surface area contributed by atoms with Crippen LogP contribution in [-0.4, -0.2) is 9.96 Å². The van der Waals surface area contributed by atoms with Crippen LogP contribution in [0.3, 0.4) is 0 Å². The van der Waals surface area contributed by atoms with E-state index >= 15 is 0 Å². The first kappa shape index (κ1) is 7.99. The van der Waals surface area contributed by atoms with E-state index in [9.17, 15) is 4.21 Å². The van der Waals surface area contributed by atoms with E-state index < -0.39 is 10.8 Å². The van der Waals surface area contributed by atoms with Crippen LogP contribution in [0, 0.1) is 5.92 Å². The molecular weight excluding hydrogens is 168 g/mol. The minimum absolute atomic E-state index is 0.742. The van der Waals surface area contributed by atoms with Crippen molar-refractivity contribution < 1.29 is 4.21 Å². The number of rotatable bonds is 3. The zero-order valence-electron chi connectivity index (χ0n) is 6.90. The summed E-state index contributed by atoms with van der Waals surface area (Å²) in [5, 5.41) is 0. The fourth-order valence-electron chi connectivity index (χ4n) is 1.17. The van der Waals surface area contributed by atoms with E-state index in [1.165, 1.54) is 12.8 Å². The summed E-state index contributed by atoms with van der Waals surface area (Å²) in [4.78, 5) is 0.976. The van der Waals surface area contributed by atoms with Crippen LogP contribution in [0.15, 0.2) is 35.2 Å². The maximum Gasteiger partial charge on any atom is 0.0532 e. The smallest absolute Gasteiger partial charge is 0.0532 e. The van der Waals surface area contributed by atoms with Crippen molar-refractivity contribution in [2.45, 2.75) is 17.7 Å². The molecular formula is C10H12OS. The molecule has 1 saturated carbocycles. The highest BCUT2D eigenvalue weighted by molar-refractivity contribution is 7.85. The molecule has 64 valence electrons. The van der Waals surface area contributed by atoms with Crippen LogP contribution >= 0.6 is 0 Å². The van der Waals surface area contributed by atoms with Crippen molar-refractivity contribution in [1.29, 1.82) is 0 Å². The highest BCUT2D eigenvalue weighted by Gasteiger charge is 2.23. The molecule has 1 aliphatic rings. The van der Waals surface area contributed by atoms with E-state index in [0.29, 0.717) is 0 Å². The summed E-state index contributed by atoms with van der Waals surface area (Å²) in [6.07, 6.45) is 2.55. The second-order valence-corrected chi connectivity index (χ2v) is 4.76. The SMILES string of the molecule is O=S(CC1CC1)c1ccccc1. The van der Waals surface area contributed by atoms with Gasteiger partial charge in [-0.2, -0.15) is 0 Å². The van der Waals surface area contributed by atoms with Gasteiger partial charge in [0.1, 0.15) is 0 Å². The molecule has 0 aromatic heterocycles. The predicted octanol–water partition coefficient (Wildman–Crippen LogP) is 2.20. The predicted molar refractivity (Wildman–Crippen MR) is 50.4 cm³/mol. The minimum atomic E-state index is -0.751. The fraction of sp³-hybridized carbons (Fsp3) is 0.400. The second kappa shape index (κ2) is 3.40. The summed E-state index contributed by atoms with van der Waals surface area (Å²) >= 11 is 0. The average molecular weight is 180 g/mol. The maximum absolute atomic E-state index is 11.6. The highest BCUT2D eigenvalue weighted by Crippen LogP contribution is 2.30. The molecule has 1 aromatic carbocycles. The van der Waals surface area contributed by atoms with Gasteiger partial charge in [-0.05, 0) is 30.9 Å². The van der Waals surface area contributed by atoms with Crippen LogP contribution in [0.4, 0.5) is 0 Å². The average Bonchev–Trinajstić information content (AvgIpc) is 2.90. The van der Waals surface area contributed by atoms with Crippen molar-refractivity contribution in [1.82, 2.24) is 0 Å². The Balaban J connectivity index is 2.03. The molecule has 0 bridgehead atoms. The Labute approximate surface area is 75.3 Å². The zero-order valence-corrected chi connectivity index (χ0v) is 7.72. The molecule has 0 radical (unpaired) electrons. The van der Waals surface area contributed by atoms with Crippen molar-refractivity contribution in [3.63, 3.8) is 0 Å². The van der Waals surface area contributed by atoms with Gasteiger partial charge in [-0.15, -0.1) is 0 Å². The first-order valence-corrected chi connectivity index (χ1v) is 5.61. The van der Waals surface area contributed by atoms with E-state index in [4.69, 9.17) is 0 Å². The molecule has 1 aromatic rings. The van der Waals surface area contributed by atoms with Gasteiger partial charge in [0.05, 0.1) is 10.8 Å². The lowest BCUT2D eigenvalue weighted by atomic mass is 10.4. The number of hydrogen-bond donors (Lipinski definition) is 0. The lowest BCUT2D eigenvalue weighted by Gasteiger charge is -1.98. The molecule has 0 N–H and O–H groups in total. The Hall–Kier alpha value is -0.630. The molecule has 12 heavy (non-hydrogen) atoms. The minimum Gasteiger partial charge on any atom is -0.254 e. The molecule has 1 nitrogen and oxygen atoms in total. The molecule has 0 heterocycles. The van der Waals surface area contributed by atoms with Crippen LogP contribution < -0.4 is 0 Å². The summed E-state index contributed by atoms with van der Waals surface area (Å²) in [5.41, 5.74) is 0. The van der Waals surface area contributed by atoms with Gasteiger partial charge in [0.2, 0.25) is 0 Å². The van der Waals surface area contributed by atoms with Gasteiger partial charge in [0, 0.05) is 10.6 Å². The first-order valence-electron chi connectivity index (χ1n) is 4.29. The summed E-state index contributed by atoms with van der Waals surface area (Å²) < 4.78 is 11.6. The van der Waals surface area contributed by atoms with Gasteiger partial charge in [-0.25, -0.2) is 0 Å². The van der Waals surface area contributed by atoms with Gasteiger partial charge in [-0.3, -0.25) is 4.21 Å². The van der Waals surface area contributed by atoms with Gasteiger partial charge >= 0.3 is 0 Å². The zero-order chi connectivity index (χ0) is 8.39. The summed E-state index contributed by atoms with van der Waals surface area (Å²) in [5.74, 6) is 1.61. The van der Waals surface area contributed by atoms with E-state index in [-0.39, 0.29) is 0 Å². The van der Waals surface area contributed by atoms with E-state index in [2.05, 4.69) is 0 Å². The van der Waals surface area contributed by atoms with Crippen molar-refractivity contribution in [2.75, 3.05) is 5.75 Å². The summed E-state index contributed by atoms with van der Waals surface area (Å²) in [7, 11) is -0.751. The molecule has 1 aliphatic carbocycles. The van der Waals surface area contributed by atoms with Crippen LogP contribution in [0.2, 0.25) is 0 Å². The van der Waals surface area contributed by atoms with Crippen LogP contribution in [-0.2, 0) is 10.8 Å². The third kappa shape index (κ3) is 1.95. The van der Waals surface area contributed by atoms with E-state index in [0.717, 1.165) is 16.6 Å². The van der Waals surface area contributed by atoms with E-state index in [1.807, 2.05) is 30.3 Å². The molecule has 2 rings (SSSR count). The third-order valence-electron chi connectivity index (χ3n) is 2.09. The maximum atomic E-state index is 11.6. The van der Waals surface area contributed by atoms with Gasteiger partial charge < -0.3 is 0 Å². The molecule has 0 saturated heterocycles. The fourth-order valence-corrected chi connectivity index (χ4v) is 2.58. The Bertz CT molecular complexity index is 277. The molecule has 0 amide bonds. The van der Waals surface area contributed by atoms with Gasteiger partial charge in [0.15, 0.2) is 0 Å². The molecule has 1 atom stereocenters. The summed E-state index contributed by atoms with van der Waals surface area (Å²) in [6, 6.07) is 9.73. The van der Waals surface area contributed by atoms with Crippen molar-refractivity contribution in [2.24, 2.45) is 5.92 Å². The number of hydrogen-bond acceptors (Lipinski definition) is 1. The topological polar surface area (TPSA) is 17.1 Å². The lowest BCUT2D eigenvalue weighted by Crippen LogP contribution is -1.98. The van der Waals surface area contributed by atoms with Crippen LogP contribution in [0.1, 0.15) is 12.8 Å². The molecule has 2 heteroatoms. The molecule has 1 fully saturated rings. The largest absolute Gasteiger partial charge is 0.254 e. The third-order valence-corrected chi connectivity index (χ3v) is 3.66. The lowest BCUT2D eigenvalue weighted by molar-refractivity contribution is 0.680. The van der Waals surface area contributed by atoms with Gasteiger partial charge in [-0.1, -0.05) is 18.2 Å². The Kier molecular flexibility index (Phi) is 2.26. The molecule has 1 unspecified atom stereocenters. The Morgan fingerprint density at radius 1 is 1.25 bits per heavy atom. The highest BCUT2D eigenvalue weighted by atomic mass is 32.2. The molecule has 0 spiro atoms. The van der Waals surface area contributed by atoms with Crippen molar-refractivity contribution in [3.8, 4) is 0 Å². The Morgan fingerprint density at radius 2 is 1.92 bits per heavy atom. The van der Waals surface area contributed by atoms with Crippen molar-refractivity contribution >= 4 is 10.8 Å². The quantitative estimate of drug-likeness (QED) is 0.697. The van der Waals surface area contributed by atoms with E-state index in [1.54, 1.807) is 0 Å². The number of benzene rings is 1. The van der Waals surface area contributed by atoms with Crippen molar-refractivity contribution in [3.05, 3.63) is 30.3 Å². The molecule has 0 aliphatic heterocycles. The van der Waals surface area contributed by atoms with Crippen LogP contribution in [0.25, 0.3) is 0 Å². The van der Waals surface area contributed by atoms with Gasteiger partial charge in [0.25, 0.3) is 0 Å². The monoisotopic (exact) mass is 180 g/mol. The summed E-state index contributed by atoms with van der Waals surface area (Å²) in [6.45, 7) is 0. The van der Waals surface area contributed by atoms with Crippen LogP contribution in [0.5, 0.6) is 0 Å².